The van der Waals surface area contributed by atoms with Crippen LogP contribution in [0.2, 0.25) is 0 Å². The van der Waals surface area contributed by atoms with Crippen molar-refractivity contribution >= 4 is 18.2 Å². The van der Waals surface area contributed by atoms with Crippen LogP contribution in [0.4, 0.5) is 19.5 Å². The number of nitriles is 1. The van der Waals surface area contributed by atoms with E-state index >= 15 is 0 Å². The first-order chi connectivity index (χ1) is 17.4. The smallest absolute Gasteiger partial charge is 0.337 e. The molecule has 4 heterocycles. The SMILES string of the molecule is Cn1c(-c2nc(N3CCN(C(=O)N4N=CC[C@H]4c4cc(F)cc(C#N)c4)CC3)ncc2F)nc[n+]1C. The summed E-state index contributed by atoms with van der Waals surface area (Å²) < 4.78 is 31.9. The lowest BCUT2D eigenvalue weighted by Crippen LogP contribution is -2.52. The summed E-state index contributed by atoms with van der Waals surface area (Å²) in [4.78, 5) is 29.6. The van der Waals surface area contributed by atoms with Crippen molar-refractivity contribution in [2.75, 3.05) is 31.1 Å². The van der Waals surface area contributed by atoms with Crippen LogP contribution in [-0.2, 0) is 14.1 Å². The summed E-state index contributed by atoms with van der Waals surface area (Å²) in [6.45, 7) is 1.62. The van der Waals surface area contributed by atoms with Gasteiger partial charge in [0.15, 0.2) is 11.5 Å². The molecule has 2 aliphatic rings. The molecule has 0 saturated carbocycles. The molecule has 13 heteroatoms. The molecule has 1 aromatic carbocycles. The molecule has 2 amide bonds. The molecule has 184 valence electrons. The van der Waals surface area contributed by atoms with E-state index in [9.17, 15) is 13.6 Å². The highest BCUT2D eigenvalue weighted by atomic mass is 19.1. The van der Waals surface area contributed by atoms with Gasteiger partial charge in [-0.2, -0.15) is 19.7 Å². The van der Waals surface area contributed by atoms with Crippen LogP contribution in [0.1, 0.15) is 23.6 Å². The van der Waals surface area contributed by atoms with Gasteiger partial charge in [-0.1, -0.05) is 0 Å². The van der Waals surface area contributed by atoms with Crippen molar-refractivity contribution < 1.29 is 18.3 Å². The lowest BCUT2D eigenvalue weighted by Gasteiger charge is -2.37. The Labute approximate surface area is 205 Å². The van der Waals surface area contributed by atoms with Crippen molar-refractivity contribution in [3.05, 3.63) is 53.5 Å². The zero-order valence-electron chi connectivity index (χ0n) is 19.7. The Morgan fingerprint density at radius 2 is 1.94 bits per heavy atom. The number of aromatic nitrogens is 5. The van der Waals surface area contributed by atoms with Crippen molar-refractivity contribution in [2.45, 2.75) is 12.5 Å². The fraction of sp³-hybridized carbons (Fsp3) is 0.348. The Hall–Kier alpha value is -4.47. The lowest BCUT2D eigenvalue weighted by atomic mass is 10.0. The summed E-state index contributed by atoms with van der Waals surface area (Å²) in [7, 11) is 3.55. The van der Waals surface area contributed by atoms with Gasteiger partial charge < -0.3 is 9.80 Å². The number of nitrogens with zero attached hydrogens (tertiary/aromatic N) is 10. The minimum absolute atomic E-state index is 0.0997. The summed E-state index contributed by atoms with van der Waals surface area (Å²) >= 11 is 0. The van der Waals surface area contributed by atoms with E-state index in [1.165, 1.54) is 11.1 Å². The molecular formula is C23H23F2N10O+. The number of benzene rings is 1. The predicted octanol–water partition coefficient (Wildman–Crippen LogP) is 1.53. The van der Waals surface area contributed by atoms with E-state index in [-0.39, 0.29) is 17.3 Å². The molecule has 2 aliphatic heterocycles. The predicted molar refractivity (Wildman–Crippen MR) is 123 cm³/mol. The van der Waals surface area contributed by atoms with Gasteiger partial charge in [0.1, 0.15) is 12.9 Å². The molecular weight excluding hydrogens is 470 g/mol. The topological polar surface area (TPSA) is 110 Å². The van der Waals surface area contributed by atoms with E-state index in [2.05, 4.69) is 20.1 Å². The van der Waals surface area contributed by atoms with Crippen LogP contribution in [0.25, 0.3) is 11.5 Å². The van der Waals surface area contributed by atoms with Crippen molar-refractivity contribution in [2.24, 2.45) is 19.2 Å². The van der Waals surface area contributed by atoms with Gasteiger partial charge in [-0.15, -0.1) is 0 Å². The number of aryl methyl sites for hydroxylation is 1. The van der Waals surface area contributed by atoms with Crippen LogP contribution in [0.15, 0.2) is 35.8 Å². The molecule has 0 radical (unpaired) electrons. The molecule has 0 spiro atoms. The molecule has 5 rings (SSSR count). The largest absolute Gasteiger partial charge is 0.341 e. The monoisotopic (exact) mass is 493 g/mol. The summed E-state index contributed by atoms with van der Waals surface area (Å²) in [6.07, 6.45) is 4.74. The van der Waals surface area contributed by atoms with Crippen LogP contribution in [-0.4, -0.2) is 68.0 Å². The Kier molecular flexibility index (Phi) is 6.01. The number of anilines is 1. The standard InChI is InChI=1S/C23H23F2N10O/c1-31-14-28-21(32(31)2)20-18(25)13-27-22(30-20)33-5-7-34(8-6-33)23(36)35-19(3-4-29-35)16-9-15(12-26)10-17(24)11-16/h4,9-11,13-14,19H,3,5-8H2,1-2H3/q+1/t19-/m0/s1. The molecule has 3 aromatic rings. The molecule has 0 N–H and O–H groups in total. The van der Waals surface area contributed by atoms with Gasteiger partial charge in [-0.3, -0.25) is 0 Å². The molecule has 0 unspecified atom stereocenters. The average Bonchev–Trinajstić information content (AvgIpc) is 3.51. The summed E-state index contributed by atoms with van der Waals surface area (Å²) in [5.74, 6) is -0.376. The zero-order chi connectivity index (χ0) is 25.4. The highest BCUT2D eigenvalue weighted by Gasteiger charge is 2.34. The maximum absolute atomic E-state index is 14.5. The lowest BCUT2D eigenvalue weighted by molar-refractivity contribution is -0.751. The number of hydrogen-bond acceptors (Lipinski definition) is 7. The van der Waals surface area contributed by atoms with Gasteiger partial charge in [0.2, 0.25) is 5.95 Å². The molecule has 0 bridgehead atoms. The molecule has 1 saturated heterocycles. The zero-order valence-corrected chi connectivity index (χ0v) is 19.7. The number of hydrogen-bond donors (Lipinski definition) is 0. The average molecular weight is 494 g/mol. The molecule has 2 aromatic heterocycles. The number of carbonyl (C=O) groups is 1. The summed E-state index contributed by atoms with van der Waals surface area (Å²) in [6, 6.07) is 5.20. The van der Waals surface area contributed by atoms with E-state index < -0.39 is 17.7 Å². The Morgan fingerprint density at radius 3 is 2.64 bits per heavy atom. The van der Waals surface area contributed by atoms with Crippen LogP contribution in [0.5, 0.6) is 0 Å². The number of rotatable bonds is 3. The van der Waals surface area contributed by atoms with Crippen LogP contribution in [0.3, 0.4) is 0 Å². The summed E-state index contributed by atoms with van der Waals surface area (Å²) in [5, 5.41) is 14.7. The number of amides is 2. The fourth-order valence-corrected chi connectivity index (χ4v) is 4.32. The minimum Gasteiger partial charge on any atom is -0.337 e. The fourth-order valence-electron chi connectivity index (χ4n) is 4.32. The van der Waals surface area contributed by atoms with Gasteiger partial charge in [-0.25, -0.2) is 28.6 Å². The highest BCUT2D eigenvalue weighted by molar-refractivity contribution is 5.79. The second-order valence-electron chi connectivity index (χ2n) is 8.57. The molecule has 0 aliphatic carbocycles. The van der Waals surface area contributed by atoms with E-state index in [1.54, 1.807) is 47.0 Å². The van der Waals surface area contributed by atoms with Gasteiger partial charge >= 0.3 is 18.2 Å². The molecule has 1 atom stereocenters. The van der Waals surface area contributed by atoms with Gasteiger partial charge in [-0.05, 0) is 28.7 Å². The number of hydrazone groups is 1. The van der Waals surface area contributed by atoms with Gasteiger partial charge in [0, 0.05) is 38.8 Å². The number of carbonyl (C=O) groups excluding carboxylic acids is 1. The molecule has 36 heavy (non-hydrogen) atoms. The minimum atomic E-state index is -0.572. The quantitative estimate of drug-likeness (QED) is 0.512. The van der Waals surface area contributed by atoms with E-state index in [1.807, 2.05) is 11.0 Å². The Balaban J connectivity index is 1.29. The van der Waals surface area contributed by atoms with Crippen molar-refractivity contribution in [1.29, 1.82) is 5.26 Å². The van der Waals surface area contributed by atoms with Crippen LogP contribution < -0.4 is 9.58 Å². The number of piperazine rings is 1. The van der Waals surface area contributed by atoms with Gasteiger partial charge in [0.25, 0.3) is 0 Å². The molecule has 1 fully saturated rings. The third kappa shape index (κ3) is 4.21. The van der Waals surface area contributed by atoms with E-state index in [0.29, 0.717) is 49.9 Å². The maximum Gasteiger partial charge on any atom is 0.341 e. The second kappa shape index (κ2) is 9.29. The van der Waals surface area contributed by atoms with Crippen LogP contribution in [0, 0.1) is 23.0 Å². The Morgan fingerprint density at radius 1 is 1.17 bits per heavy atom. The Bertz CT molecular complexity index is 1390. The number of urea groups is 1. The van der Waals surface area contributed by atoms with Crippen molar-refractivity contribution in [1.82, 2.24) is 29.5 Å². The van der Waals surface area contributed by atoms with Gasteiger partial charge in [0.05, 0.1) is 30.9 Å². The first-order valence-electron chi connectivity index (χ1n) is 11.3. The normalized spacial score (nSPS) is 17.5. The van der Waals surface area contributed by atoms with Crippen molar-refractivity contribution in [3.63, 3.8) is 0 Å². The third-order valence-electron chi connectivity index (χ3n) is 6.36. The first kappa shape index (κ1) is 23.3. The third-order valence-corrected chi connectivity index (χ3v) is 6.36. The first-order valence-corrected chi connectivity index (χ1v) is 11.3. The maximum atomic E-state index is 14.5. The van der Waals surface area contributed by atoms with Crippen LogP contribution >= 0.6 is 0 Å². The van der Waals surface area contributed by atoms with E-state index in [0.717, 1.165) is 12.3 Å². The highest BCUT2D eigenvalue weighted by Crippen LogP contribution is 2.31. The van der Waals surface area contributed by atoms with Crippen molar-refractivity contribution in [3.8, 4) is 17.6 Å². The number of halogens is 2. The molecule has 11 nitrogen and oxygen atoms in total. The second-order valence-corrected chi connectivity index (χ2v) is 8.57. The van der Waals surface area contributed by atoms with E-state index in [4.69, 9.17) is 5.26 Å². The summed E-state index contributed by atoms with van der Waals surface area (Å²) in [5.41, 5.74) is 0.810.